The average molecular weight is 324 g/mol. The molecule has 0 saturated heterocycles. The first-order chi connectivity index (χ1) is 11.3. The number of aryl methyl sites for hydroxylation is 3. The molecule has 0 fully saturated rings. The van der Waals surface area contributed by atoms with E-state index >= 15 is 0 Å². The number of rotatable bonds is 4. The Bertz CT molecular complexity index is 761. The molecule has 0 aromatic heterocycles. The molecule has 2 amide bonds. The van der Waals surface area contributed by atoms with Crippen LogP contribution in [0.25, 0.3) is 0 Å². The first kappa shape index (κ1) is 17.7. The van der Waals surface area contributed by atoms with Gasteiger partial charge in [0.1, 0.15) is 0 Å². The van der Waals surface area contributed by atoms with Crippen LogP contribution in [0.2, 0.25) is 0 Å². The van der Waals surface area contributed by atoms with Crippen LogP contribution in [-0.2, 0) is 4.79 Å². The minimum Gasteiger partial charge on any atom is -0.332 e. The highest BCUT2D eigenvalue weighted by Gasteiger charge is 2.16. The lowest BCUT2D eigenvalue weighted by atomic mass is 10.1. The van der Waals surface area contributed by atoms with Gasteiger partial charge in [-0.05, 0) is 57.0 Å². The zero-order valence-corrected chi connectivity index (χ0v) is 14.9. The Morgan fingerprint density at radius 2 is 1.62 bits per heavy atom. The van der Waals surface area contributed by atoms with Gasteiger partial charge in [-0.3, -0.25) is 9.59 Å². The molecule has 0 bridgehead atoms. The molecule has 24 heavy (non-hydrogen) atoms. The van der Waals surface area contributed by atoms with Crippen molar-refractivity contribution in [2.45, 2.75) is 27.7 Å². The summed E-state index contributed by atoms with van der Waals surface area (Å²) in [6, 6.07) is 11.5. The zero-order chi connectivity index (χ0) is 17.9. The quantitative estimate of drug-likeness (QED) is 0.933. The molecule has 1 N–H and O–H groups in total. The fraction of sp³-hybridized carbons (Fsp3) is 0.300. The van der Waals surface area contributed by atoms with Crippen molar-refractivity contribution < 1.29 is 9.59 Å². The average Bonchev–Trinajstić information content (AvgIpc) is 2.50. The van der Waals surface area contributed by atoms with Crippen molar-refractivity contribution in [3.8, 4) is 0 Å². The van der Waals surface area contributed by atoms with Crippen LogP contribution in [0, 0.1) is 27.7 Å². The number of carbonyl (C=O) groups is 2. The summed E-state index contributed by atoms with van der Waals surface area (Å²) in [5, 5.41) is 2.88. The van der Waals surface area contributed by atoms with Crippen LogP contribution in [0.3, 0.4) is 0 Å². The van der Waals surface area contributed by atoms with Crippen LogP contribution in [0.1, 0.15) is 32.6 Å². The number of hydrogen-bond acceptors (Lipinski definition) is 2. The molecule has 0 aliphatic rings. The maximum atomic E-state index is 12.5. The van der Waals surface area contributed by atoms with E-state index in [1.165, 1.54) is 4.90 Å². The molecule has 0 unspecified atom stereocenters. The Hall–Kier alpha value is -2.62. The van der Waals surface area contributed by atoms with Crippen molar-refractivity contribution in [1.82, 2.24) is 4.90 Å². The van der Waals surface area contributed by atoms with Crippen LogP contribution < -0.4 is 5.32 Å². The highest BCUT2D eigenvalue weighted by molar-refractivity contribution is 5.99. The third-order valence-corrected chi connectivity index (χ3v) is 4.07. The molecule has 2 aromatic rings. The van der Waals surface area contributed by atoms with E-state index in [-0.39, 0.29) is 18.4 Å². The maximum Gasteiger partial charge on any atom is 0.254 e. The topological polar surface area (TPSA) is 49.4 Å². The first-order valence-electron chi connectivity index (χ1n) is 7.97. The van der Waals surface area contributed by atoms with E-state index in [1.54, 1.807) is 7.05 Å². The number of anilines is 1. The first-order valence-corrected chi connectivity index (χ1v) is 7.97. The van der Waals surface area contributed by atoms with Crippen molar-refractivity contribution >= 4 is 17.5 Å². The van der Waals surface area contributed by atoms with Crippen molar-refractivity contribution in [3.63, 3.8) is 0 Å². The Morgan fingerprint density at radius 3 is 2.25 bits per heavy atom. The molecule has 2 rings (SSSR count). The number of likely N-dealkylation sites (N-methyl/N-ethyl adjacent to an activating group) is 1. The summed E-state index contributed by atoms with van der Waals surface area (Å²) in [5.41, 5.74) is 5.61. The SMILES string of the molecule is Cc1cc(C)cc(C(=O)N(C)CC(=O)Nc2cccc(C)c2C)c1. The second kappa shape index (κ2) is 7.30. The van der Waals surface area contributed by atoms with Gasteiger partial charge < -0.3 is 10.2 Å². The molecule has 2 aromatic carbocycles. The van der Waals surface area contributed by atoms with Crippen LogP contribution in [0.4, 0.5) is 5.69 Å². The maximum absolute atomic E-state index is 12.5. The number of hydrogen-bond donors (Lipinski definition) is 1. The van der Waals surface area contributed by atoms with Gasteiger partial charge in [0.25, 0.3) is 5.91 Å². The zero-order valence-electron chi connectivity index (χ0n) is 14.9. The molecule has 0 radical (unpaired) electrons. The highest BCUT2D eigenvalue weighted by Crippen LogP contribution is 2.18. The highest BCUT2D eigenvalue weighted by atomic mass is 16.2. The third kappa shape index (κ3) is 4.22. The Balaban J connectivity index is 2.05. The van der Waals surface area contributed by atoms with E-state index < -0.39 is 0 Å². The minimum atomic E-state index is -0.205. The van der Waals surface area contributed by atoms with E-state index in [4.69, 9.17) is 0 Å². The van der Waals surface area contributed by atoms with E-state index in [0.29, 0.717) is 5.56 Å². The summed E-state index contributed by atoms with van der Waals surface area (Å²) in [5.74, 6) is -0.359. The van der Waals surface area contributed by atoms with Crippen LogP contribution in [-0.4, -0.2) is 30.3 Å². The van der Waals surface area contributed by atoms with Gasteiger partial charge in [-0.2, -0.15) is 0 Å². The van der Waals surface area contributed by atoms with E-state index in [1.807, 2.05) is 64.1 Å². The Labute approximate surface area is 143 Å². The van der Waals surface area contributed by atoms with Gasteiger partial charge >= 0.3 is 0 Å². The number of nitrogens with zero attached hydrogens (tertiary/aromatic N) is 1. The largest absolute Gasteiger partial charge is 0.332 e. The number of carbonyl (C=O) groups excluding carboxylic acids is 2. The number of amides is 2. The van der Waals surface area contributed by atoms with E-state index in [0.717, 1.165) is 27.9 Å². The molecule has 4 heteroatoms. The predicted molar refractivity (Wildman–Crippen MR) is 97.4 cm³/mol. The summed E-state index contributed by atoms with van der Waals surface area (Å²) < 4.78 is 0. The van der Waals surface area contributed by atoms with Crippen LogP contribution in [0.15, 0.2) is 36.4 Å². The molecule has 0 aliphatic carbocycles. The monoisotopic (exact) mass is 324 g/mol. The molecule has 126 valence electrons. The second-order valence-corrected chi connectivity index (χ2v) is 6.33. The fourth-order valence-corrected chi connectivity index (χ4v) is 2.68. The lowest BCUT2D eigenvalue weighted by Gasteiger charge is -2.18. The molecular weight excluding hydrogens is 300 g/mol. The normalized spacial score (nSPS) is 10.4. The van der Waals surface area contributed by atoms with Gasteiger partial charge in [-0.25, -0.2) is 0 Å². The Morgan fingerprint density at radius 1 is 1.00 bits per heavy atom. The van der Waals surface area contributed by atoms with Crippen molar-refractivity contribution in [2.24, 2.45) is 0 Å². The molecule has 0 atom stereocenters. The second-order valence-electron chi connectivity index (χ2n) is 6.33. The summed E-state index contributed by atoms with van der Waals surface area (Å²) in [6.45, 7) is 7.89. The van der Waals surface area contributed by atoms with Gasteiger partial charge in [0.05, 0.1) is 6.54 Å². The van der Waals surface area contributed by atoms with Gasteiger partial charge in [-0.1, -0.05) is 29.3 Å². The molecule has 0 saturated carbocycles. The molecule has 0 spiro atoms. The third-order valence-electron chi connectivity index (χ3n) is 4.07. The van der Waals surface area contributed by atoms with Gasteiger partial charge in [0, 0.05) is 18.3 Å². The molecular formula is C20H24N2O2. The number of nitrogens with one attached hydrogen (secondary N) is 1. The van der Waals surface area contributed by atoms with E-state index in [9.17, 15) is 9.59 Å². The van der Waals surface area contributed by atoms with Gasteiger partial charge in [0.15, 0.2) is 0 Å². The summed E-state index contributed by atoms with van der Waals surface area (Å²) >= 11 is 0. The minimum absolute atomic E-state index is 0.0131. The predicted octanol–water partition coefficient (Wildman–Crippen LogP) is 3.63. The van der Waals surface area contributed by atoms with Crippen molar-refractivity contribution in [2.75, 3.05) is 18.9 Å². The molecule has 0 heterocycles. The van der Waals surface area contributed by atoms with Gasteiger partial charge in [-0.15, -0.1) is 0 Å². The van der Waals surface area contributed by atoms with Crippen molar-refractivity contribution in [3.05, 3.63) is 64.2 Å². The lowest BCUT2D eigenvalue weighted by Crippen LogP contribution is -2.35. The molecule has 4 nitrogen and oxygen atoms in total. The van der Waals surface area contributed by atoms with Crippen molar-refractivity contribution in [1.29, 1.82) is 0 Å². The lowest BCUT2D eigenvalue weighted by molar-refractivity contribution is -0.116. The Kier molecular flexibility index (Phi) is 5.39. The summed E-state index contributed by atoms with van der Waals surface area (Å²) in [6.07, 6.45) is 0. The number of benzene rings is 2. The standard InChI is InChI=1S/C20H24N2O2/c1-13-9-14(2)11-17(10-13)20(24)22(5)12-19(23)21-18-8-6-7-15(3)16(18)4/h6-11H,12H2,1-5H3,(H,21,23). The smallest absolute Gasteiger partial charge is 0.254 e. The van der Waals surface area contributed by atoms with E-state index in [2.05, 4.69) is 5.32 Å². The van der Waals surface area contributed by atoms with Crippen LogP contribution >= 0.6 is 0 Å². The summed E-state index contributed by atoms with van der Waals surface area (Å²) in [7, 11) is 1.64. The van der Waals surface area contributed by atoms with Crippen LogP contribution in [0.5, 0.6) is 0 Å². The molecule has 0 aliphatic heterocycles. The fourth-order valence-electron chi connectivity index (χ4n) is 2.68. The van der Waals surface area contributed by atoms with Gasteiger partial charge in [0.2, 0.25) is 5.91 Å². The summed E-state index contributed by atoms with van der Waals surface area (Å²) in [4.78, 5) is 26.2.